The number of carbonyl (C=O) groups excluding carboxylic acids is 2. The number of carboxylic acids is 1. The molecule has 43 heavy (non-hydrogen) atoms. The molecule has 3 N–H and O–H groups in total. The Morgan fingerprint density at radius 2 is 1.42 bits per heavy atom. The maximum Gasteiger partial charge on any atom is 0.323 e. The van der Waals surface area contributed by atoms with Gasteiger partial charge in [0.05, 0.1) is 10.6 Å². The first-order valence-corrected chi connectivity index (χ1v) is 15.7. The maximum atomic E-state index is 12.6. The van der Waals surface area contributed by atoms with Gasteiger partial charge in [-0.05, 0) is 60.5 Å². The van der Waals surface area contributed by atoms with Crippen molar-refractivity contribution in [1.82, 2.24) is 15.2 Å². The molecule has 2 amide bonds. The summed E-state index contributed by atoms with van der Waals surface area (Å²) >= 11 is 2.09. The van der Waals surface area contributed by atoms with Crippen LogP contribution in [0.4, 0.5) is 9.93 Å². The number of rotatable bonds is 8. The molecule has 0 bridgehead atoms. The van der Waals surface area contributed by atoms with Crippen LogP contribution in [-0.4, -0.2) is 51.7 Å². The standard InChI is InChI=1S/C28H21N3O4S2.C5H11N/c32-24(33)17-31-25(34)23(37-27(31)35)16-22-18-36-26(29-22)30-28(19-10-4-1-5-11-19,20-12-6-2-7-13-20)21-14-8-3-9-15-21;1-2-4-6-5-3-1/h1-16,18H,17H2,(H,29,30)(H,32,33);6H,1-5H2/b23-16+;. The van der Waals surface area contributed by atoms with Crippen molar-refractivity contribution in [3.63, 3.8) is 0 Å². The second-order valence-electron chi connectivity index (χ2n) is 10.0. The molecule has 3 heterocycles. The van der Waals surface area contributed by atoms with E-state index in [1.165, 1.54) is 49.8 Å². The summed E-state index contributed by atoms with van der Waals surface area (Å²) in [4.78, 5) is 41.2. The van der Waals surface area contributed by atoms with Crippen LogP contribution >= 0.6 is 23.1 Å². The van der Waals surface area contributed by atoms with Gasteiger partial charge in [0.25, 0.3) is 11.1 Å². The summed E-state index contributed by atoms with van der Waals surface area (Å²) in [5.41, 5.74) is 2.83. The quantitative estimate of drug-likeness (QED) is 0.154. The van der Waals surface area contributed by atoms with Crippen molar-refractivity contribution in [1.29, 1.82) is 0 Å². The molecule has 6 rings (SSSR count). The Labute approximate surface area is 258 Å². The largest absolute Gasteiger partial charge is 0.480 e. The van der Waals surface area contributed by atoms with E-state index in [1.54, 1.807) is 5.38 Å². The van der Waals surface area contributed by atoms with Crippen molar-refractivity contribution in [2.24, 2.45) is 0 Å². The number of anilines is 1. The number of benzene rings is 3. The van der Waals surface area contributed by atoms with Gasteiger partial charge in [0.15, 0.2) is 5.13 Å². The molecule has 0 atom stereocenters. The van der Waals surface area contributed by atoms with Crippen LogP contribution in [0.15, 0.2) is 101 Å². The fraction of sp³-hybridized carbons (Fsp3) is 0.212. The summed E-state index contributed by atoms with van der Waals surface area (Å²) < 4.78 is 0. The lowest BCUT2D eigenvalue weighted by molar-refractivity contribution is -0.140. The Kier molecular flexibility index (Phi) is 10.0. The lowest BCUT2D eigenvalue weighted by atomic mass is 9.77. The van der Waals surface area contributed by atoms with Crippen LogP contribution in [0.1, 0.15) is 41.6 Å². The van der Waals surface area contributed by atoms with E-state index in [-0.39, 0.29) is 4.91 Å². The molecular weight excluding hydrogens is 581 g/mol. The lowest BCUT2D eigenvalue weighted by Crippen LogP contribution is -2.38. The Balaban J connectivity index is 0.000000548. The first-order valence-electron chi connectivity index (χ1n) is 14.1. The SMILES string of the molecule is C1CCNCC1.O=C(O)CN1C(=O)S/C(=C/c2csc(NC(c3ccccc3)(c3ccccc3)c3ccccc3)n2)C1=O. The number of aliphatic carboxylic acids is 1. The number of thioether (sulfide) groups is 1. The number of hydrogen-bond donors (Lipinski definition) is 3. The fourth-order valence-electron chi connectivity index (χ4n) is 5.06. The van der Waals surface area contributed by atoms with Gasteiger partial charge in [0.2, 0.25) is 0 Å². The second kappa shape index (κ2) is 14.3. The molecule has 2 fully saturated rings. The van der Waals surface area contributed by atoms with E-state index < -0.39 is 29.2 Å². The van der Waals surface area contributed by atoms with Gasteiger partial charge in [0.1, 0.15) is 12.1 Å². The van der Waals surface area contributed by atoms with Crippen LogP contribution in [0, 0.1) is 0 Å². The third-order valence-corrected chi connectivity index (χ3v) is 8.77. The predicted octanol–water partition coefficient (Wildman–Crippen LogP) is 6.43. The van der Waals surface area contributed by atoms with E-state index in [4.69, 9.17) is 10.1 Å². The highest BCUT2D eigenvalue weighted by atomic mass is 32.2. The summed E-state index contributed by atoms with van der Waals surface area (Å²) in [6.45, 7) is 1.83. The van der Waals surface area contributed by atoms with Gasteiger partial charge in [-0.2, -0.15) is 0 Å². The van der Waals surface area contributed by atoms with Gasteiger partial charge >= 0.3 is 5.97 Å². The number of hydrogen-bond acceptors (Lipinski definition) is 8. The van der Waals surface area contributed by atoms with E-state index in [1.807, 2.05) is 54.6 Å². The number of nitrogens with one attached hydrogen (secondary N) is 2. The molecule has 10 heteroatoms. The Hall–Kier alpha value is -4.25. The molecule has 3 aromatic carbocycles. The number of thiazole rings is 1. The molecule has 1 aromatic heterocycles. The van der Waals surface area contributed by atoms with Crippen LogP contribution in [0.5, 0.6) is 0 Å². The van der Waals surface area contributed by atoms with Gasteiger partial charge in [-0.1, -0.05) is 97.4 Å². The molecular formula is C33H32N4O4S2. The topological polar surface area (TPSA) is 112 Å². The van der Waals surface area contributed by atoms with Crippen molar-refractivity contribution < 1.29 is 19.5 Å². The van der Waals surface area contributed by atoms with Crippen molar-refractivity contribution in [2.45, 2.75) is 24.8 Å². The van der Waals surface area contributed by atoms with Crippen molar-refractivity contribution in [3.8, 4) is 0 Å². The van der Waals surface area contributed by atoms with Gasteiger partial charge in [0, 0.05) is 5.38 Å². The van der Waals surface area contributed by atoms with E-state index in [2.05, 4.69) is 47.0 Å². The third kappa shape index (κ3) is 7.22. The zero-order chi connectivity index (χ0) is 30.1. The molecule has 2 aliphatic heterocycles. The predicted molar refractivity (Wildman–Crippen MR) is 172 cm³/mol. The number of piperidine rings is 1. The van der Waals surface area contributed by atoms with Gasteiger partial charge < -0.3 is 15.7 Å². The molecule has 8 nitrogen and oxygen atoms in total. The van der Waals surface area contributed by atoms with E-state index >= 15 is 0 Å². The summed E-state index contributed by atoms with van der Waals surface area (Å²) in [7, 11) is 0. The lowest BCUT2D eigenvalue weighted by Gasteiger charge is -2.36. The zero-order valence-electron chi connectivity index (χ0n) is 23.4. The Bertz CT molecular complexity index is 1460. The van der Waals surface area contributed by atoms with Gasteiger partial charge in [-0.3, -0.25) is 19.3 Å². The molecule has 0 saturated carbocycles. The molecule has 2 saturated heterocycles. The molecule has 2 aliphatic rings. The number of carboxylic acid groups (broad SMARTS) is 1. The van der Waals surface area contributed by atoms with Gasteiger partial charge in [-0.25, -0.2) is 4.98 Å². The zero-order valence-corrected chi connectivity index (χ0v) is 25.1. The summed E-state index contributed by atoms with van der Waals surface area (Å²) in [5, 5.41) is 17.7. The number of nitrogens with zero attached hydrogens (tertiary/aromatic N) is 2. The minimum Gasteiger partial charge on any atom is -0.480 e. The van der Waals surface area contributed by atoms with Crippen LogP contribution < -0.4 is 10.6 Å². The number of carbonyl (C=O) groups is 3. The average molecular weight is 613 g/mol. The number of amides is 2. The number of aromatic nitrogens is 1. The van der Waals surface area contributed by atoms with Crippen LogP contribution in [0.25, 0.3) is 6.08 Å². The number of imide groups is 1. The third-order valence-electron chi connectivity index (χ3n) is 7.09. The molecule has 0 radical (unpaired) electrons. The molecule has 0 spiro atoms. The highest BCUT2D eigenvalue weighted by molar-refractivity contribution is 8.18. The highest BCUT2D eigenvalue weighted by Crippen LogP contribution is 2.41. The van der Waals surface area contributed by atoms with Crippen LogP contribution in [0.3, 0.4) is 0 Å². The minimum atomic E-state index is -1.25. The van der Waals surface area contributed by atoms with Crippen LogP contribution in [-0.2, 0) is 15.1 Å². The summed E-state index contributed by atoms with van der Waals surface area (Å²) in [6, 6.07) is 30.3. The van der Waals surface area contributed by atoms with E-state index in [0.717, 1.165) is 21.6 Å². The molecule has 0 unspecified atom stereocenters. The first kappa shape index (κ1) is 30.2. The normalized spacial score (nSPS) is 16.1. The maximum absolute atomic E-state index is 12.6. The highest BCUT2D eigenvalue weighted by Gasteiger charge is 2.38. The van der Waals surface area contributed by atoms with Crippen molar-refractivity contribution >= 4 is 51.4 Å². The average Bonchev–Trinajstić information content (AvgIpc) is 3.60. The Morgan fingerprint density at radius 1 is 0.884 bits per heavy atom. The monoisotopic (exact) mass is 612 g/mol. The van der Waals surface area contributed by atoms with E-state index in [9.17, 15) is 14.4 Å². The van der Waals surface area contributed by atoms with Gasteiger partial charge in [-0.15, -0.1) is 11.3 Å². The fourth-order valence-corrected chi connectivity index (χ4v) is 6.61. The summed E-state index contributed by atoms with van der Waals surface area (Å²) in [5.74, 6) is -1.88. The minimum absolute atomic E-state index is 0.142. The molecule has 4 aromatic rings. The first-order chi connectivity index (χ1) is 21.0. The molecule has 220 valence electrons. The molecule has 0 aliphatic carbocycles. The van der Waals surface area contributed by atoms with Crippen LogP contribution in [0.2, 0.25) is 0 Å². The summed E-state index contributed by atoms with van der Waals surface area (Å²) in [6.07, 6.45) is 5.73. The smallest absolute Gasteiger partial charge is 0.323 e. The van der Waals surface area contributed by atoms with Crippen molar-refractivity contribution in [2.75, 3.05) is 25.0 Å². The van der Waals surface area contributed by atoms with Crippen molar-refractivity contribution in [3.05, 3.63) is 124 Å². The Morgan fingerprint density at radius 3 is 1.86 bits per heavy atom. The second-order valence-corrected chi connectivity index (χ2v) is 11.9. The van der Waals surface area contributed by atoms with E-state index in [0.29, 0.717) is 22.6 Å².